The Morgan fingerprint density at radius 2 is 2.05 bits per heavy atom. The highest BCUT2D eigenvalue weighted by Crippen LogP contribution is 2.23. The van der Waals surface area contributed by atoms with Crippen molar-refractivity contribution in [3.8, 4) is 0 Å². The number of thioether (sulfide) groups is 1. The average Bonchev–Trinajstić information content (AvgIpc) is 2.73. The van der Waals surface area contributed by atoms with Gasteiger partial charge in [-0.3, -0.25) is 4.90 Å². The highest BCUT2D eigenvalue weighted by atomic mass is 35.5. The van der Waals surface area contributed by atoms with E-state index in [-0.39, 0.29) is 5.02 Å². The van der Waals surface area contributed by atoms with Crippen molar-refractivity contribution in [1.29, 1.82) is 0 Å². The molecule has 2 heterocycles. The maximum atomic E-state index is 13.5. The van der Waals surface area contributed by atoms with Gasteiger partial charge in [-0.05, 0) is 18.3 Å². The number of nitrogens with zero attached hydrogens (tertiary/aromatic N) is 2. The van der Waals surface area contributed by atoms with Crippen LogP contribution in [0.3, 0.4) is 0 Å². The number of fused-ring (bicyclic) bond motifs is 1. The number of rotatable bonds is 3. The molecule has 1 aliphatic heterocycles. The molecule has 0 atom stereocenters. The standard InChI is InChI=1S/C13H15ClFN3S2/c14-9-7-12-11(8-10(9)15)16-13(19)18(12)2-1-17-3-5-20-6-4-17/h7-8H,1-6H2,(H,16,19). The van der Waals surface area contributed by atoms with E-state index in [4.69, 9.17) is 23.8 Å². The van der Waals surface area contributed by atoms with E-state index in [1.54, 1.807) is 6.07 Å². The molecule has 0 radical (unpaired) electrons. The fraction of sp³-hybridized carbons (Fsp3) is 0.462. The van der Waals surface area contributed by atoms with Crippen LogP contribution in [0, 0.1) is 10.6 Å². The summed E-state index contributed by atoms with van der Waals surface area (Å²) in [4.78, 5) is 5.47. The molecule has 1 fully saturated rings. The Morgan fingerprint density at radius 3 is 2.80 bits per heavy atom. The van der Waals surface area contributed by atoms with E-state index >= 15 is 0 Å². The number of nitrogens with one attached hydrogen (secondary N) is 1. The van der Waals surface area contributed by atoms with Gasteiger partial charge in [-0.25, -0.2) is 4.39 Å². The van der Waals surface area contributed by atoms with E-state index < -0.39 is 5.82 Å². The number of benzene rings is 1. The predicted octanol–water partition coefficient (Wildman–Crippen LogP) is 3.54. The molecule has 2 aromatic rings. The number of hydrogen-bond acceptors (Lipinski definition) is 3. The van der Waals surface area contributed by atoms with E-state index in [1.165, 1.54) is 17.6 Å². The molecular formula is C13H15ClFN3S2. The third kappa shape index (κ3) is 2.88. The highest BCUT2D eigenvalue weighted by molar-refractivity contribution is 7.99. The van der Waals surface area contributed by atoms with Gasteiger partial charge >= 0.3 is 0 Å². The molecule has 0 bridgehead atoms. The summed E-state index contributed by atoms with van der Waals surface area (Å²) in [5.74, 6) is 1.96. The van der Waals surface area contributed by atoms with Crippen LogP contribution in [0.5, 0.6) is 0 Å². The van der Waals surface area contributed by atoms with Crippen molar-refractivity contribution >= 4 is 46.6 Å². The van der Waals surface area contributed by atoms with Crippen molar-refractivity contribution in [2.45, 2.75) is 6.54 Å². The second-order valence-electron chi connectivity index (χ2n) is 4.82. The number of hydrogen-bond donors (Lipinski definition) is 1. The molecule has 3 rings (SSSR count). The zero-order chi connectivity index (χ0) is 14.1. The van der Waals surface area contributed by atoms with Crippen LogP contribution in [0.25, 0.3) is 11.0 Å². The number of halogens is 2. The molecule has 1 aromatic carbocycles. The Hall–Kier alpha value is -0.560. The summed E-state index contributed by atoms with van der Waals surface area (Å²) in [7, 11) is 0. The van der Waals surface area contributed by atoms with Crippen molar-refractivity contribution in [1.82, 2.24) is 14.5 Å². The molecule has 1 aliphatic rings. The summed E-state index contributed by atoms with van der Waals surface area (Å²) in [6.45, 7) is 3.99. The van der Waals surface area contributed by atoms with Crippen LogP contribution in [-0.4, -0.2) is 45.6 Å². The van der Waals surface area contributed by atoms with Gasteiger partial charge in [0.05, 0.1) is 16.1 Å². The highest BCUT2D eigenvalue weighted by Gasteiger charge is 2.12. The second-order valence-corrected chi connectivity index (χ2v) is 6.84. The summed E-state index contributed by atoms with van der Waals surface area (Å²) in [5.41, 5.74) is 1.57. The van der Waals surface area contributed by atoms with Gasteiger partial charge in [0.2, 0.25) is 0 Å². The Balaban J connectivity index is 1.85. The SMILES string of the molecule is Fc1cc2[nH]c(=S)n(CCN3CCSCC3)c2cc1Cl. The molecule has 0 unspecified atom stereocenters. The number of aromatic nitrogens is 2. The third-order valence-electron chi connectivity index (χ3n) is 3.56. The van der Waals surface area contributed by atoms with Crippen LogP contribution in [-0.2, 0) is 6.54 Å². The van der Waals surface area contributed by atoms with E-state index in [0.29, 0.717) is 10.3 Å². The zero-order valence-electron chi connectivity index (χ0n) is 10.9. The molecule has 3 nitrogen and oxygen atoms in total. The molecule has 0 amide bonds. The van der Waals surface area contributed by atoms with Gasteiger partial charge in [-0.2, -0.15) is 11.8 Å². The van der Waals surface area contributed by atoms with Gasteiger partial charge in [0.15, 0.2) is 4.77 Å². The predicted molar refractivity (Wildman–Crippen MR) is 85.9 cm³/mol. The van der Waals surface area contributed by atoms with Crippen molar-refractivity contribution in [3.05, 3.63) is 27.7 Å². The fourth-order valence-electron chi connectivity index (χ4n) is 2.44. The number of aromatic amines is 1. The molecule has 0 spiro atoms. The molecule has 7 heteroatoms. The lowest BCUT2D eigenvalue weighted by molar-refractivity contribution is 0.290. The zero-order valence-corrected chi connectivity index (χ0v) is 13.3. The minimum atomic E-state index is -0.421. The van der Waals surface area contributed by atoms with Crippen LogP contribution in [0.4, 0.5) is 4.39 Å². The van der Waals surface area contributed by atoms with Gasteiger partial charge in [0, 0.05) is 43.8 Å². The fourth-order valence-corrected chi connectivity index (χ4v) is 3.88. The van der Waals surface area contributed by atoms with Crippen LogP contribution in [0.2, 0.25) is 5.02 Å². The molecule has 0 aliphatic carbocycles. The number of H-pyrrole nitrogens is 1. The lowest BCUT2D eigenvalue weighted by Gasteiger charge is -2.26. The normalized spacial score (nSPS) is 16.9. The van der Waals surface area contributed by atoms with Crippen LogP contribution in [0.1, 0.15) is 0 Å². The first kappa shape index (κ1) is 14.4. The summed E-state index contributed by atoms with van der Waals surface area (Å²) < 4.78 is 16.1. The van der Waals surface area contributed by atoms with Gasteiger partial charge < -0.3 is 9.55 Å². The lowest BCUT2D eigenvalue weighted by Crippen LogP contribution is -2.35. The quantitative estimate of drug-likeness (QED) is 0.870. The molecule has 108 valence electrons. The minimum absolute atomic E-state index is 0.134. The van der Waals surface area contributed by atoms with E-state index in [1.807, 2.05) is 16.3 Å². The van der Waals surface area contributed by atoms with E-state index in [0.717, 1.165) is 31.7 Å². The van der Waals surface area contributed by atoms with Gasteiger partial charge in [-0.1, -0.05) is 11.6 Å². The van der Waals surface area contributed by atoms with Crippen LogP contribution in [0.15, 0.2) is 12.1 Å². The van der Waals surface area contributed by atoms with E-state index in [2.05, 4.69) is 9.88 Å². The first-order chi connectivity index (χ1) is 9.65. The molecule has 1 aromatic heterocycles. The average molecular weight is 332 g/mol. The first-order valence-corrected chi connectivity index (χ1v) is 8.47. The molecular weight excluding hydrogens is 317 g/mol. The number of imidazole rings is 1. The topological polar surface area (TPSA) is 24.0 Å². The first-order valence-electron chi connectivity index (χ1n) is 6.53. The summed E-state index contributed by atoms with van der Waals surface area (Å²) >= 11 is 13.2. The minimum Gasteiger partial charge on any atom is -0.330 e. The second kappa shape index (κ2) is 6.05. The molecule has 0 saturated carbocycles. The summed E-state index contributed by atoms with van der Waals surface area (Å²) in [6.07, 6.45) is 0. The van der Waals surface area contributed by atoms with Gasteiger partial charge in [-0.15, -0.1) is 0 Å². The largest absolute Gasteiger partial charge is 0.330 e. The monoisotopic (exact) mass is 331 g/mol. The van der Waals surface area contributed by atoms with Crippen LogP contribution < -0.4 is 0 Å². The Kier molecular flexibility index (Phi) is 4.35. The van der Waals surface area contributed by atoms with Crippen molar-refractivity contribution in [2.24, 2.45) is 0 Å². The molecule has 1 saturated heterocycles. The molecule has 20 heavy (non-hydrogen) atoms. The van der Waals surface area contributed by atoms with Crippen LogP contribution >= 0.6 is 35.6 Å². The Labute approximate surface area is 131 Å². The smallest absolute Gasteiger partial charge is 0.178 e. The van der Waals surface area contributed by atoms with Crippen molar-refractivity contribution < 1.29 is 4.39 Å². The Morgan fingerprint density at radius 1 is 1.30 bits per heavy atom. The maximum absolute atomic E-state index is 13.5. The van der Waals surface area contributed by atoms with Crippen molar-refractivity contribution in [3.63, 3.8) is 0 Å². The maximum Gasteiger partial charge on any atom is 0.178 e. The van der Waals surface area contributed by atoms with Gasteiger partial charge in [0.1, 0.15) is 5.82 Å². The van der Waals surface area contributed by atoms with Gasteiger partial charge in [0.25, 0.3) is 0 Å². The van der Waals surface area contributed by atoms with Crippen molar-refractivity contribution in [2.75, 3.05) is 31.1 Å². The lowest BCUT2D eigenvalue weighted by atomic mass is 10.3. The van der Waals surface area contributed by atoms with E-state index in [9.17, 15) is 4.39 Å². The summed E-state index contributed by atoms with van der Waals surface area (Å²) in [5, 5.41) is 0.134. The third-order valence-corrected chi connectivity index (χ3v) is 5.11. The molecule has 1 N–H and O–H groups in total. The summed E-state index contributed by atoms with van der Waals surface area (Å²) in [6, 6.07) is 3.05. The Bertz CT molecular complexity index is 676.